The Labute approximate surface area is 301 Å². The Morgan fingerprint density at radius 1 is 0.308 bits per heavy atom. The van der Waals surface area contributed by atoms with Crippen molar-refractivity contribution in [3.8, 4) is 50.8 Å². The molecule has 0 unspecified atom stereocenters. The molecule has 0 atom stereocenters. The second-order valence-corrected chi connectivity index (χ2v) is 13.3. The summed E-state index contributed by atoms with van der Waals surface area (Å²) in [5, 5.41) is 15.1. The van der Waals surface area contributed by atoms with Crippen molar-refractivity contribution in [1.82, 2.24) is 9.13 Å². The number of rotatable bonds is 5. The first-order valence-corrected chi connectivity index (χ1v) is 17.6. The van der Waals surface area contributed by atoms with E-state index in [1.165, 1.54) is 54.8 Å². The second-order valence-electron chi connectivity index (χ2n) is 13.3. The predicted octanol–water partition coefficient (Wildman–Crippen LogP) is 12.8. The van der Waals surface area contributed by atoms with Gasteiger partial charge in [-0.15, -0.1) is 0 Å². The zero-order valence-corrected chi connectivity index (χ0v) is 28.2. The van der Waals surface area contributed by atoms with Gasteiger partial charge in [-0.05, 0) is 100 Å². The summed E-state index contributed by atoms with van der Waals surface area (Å²) in [4.78, 5) is 0. The molecule has 3 heteroatoms. The third-order valence-corrected chi connectivity index (χ3v) is 10.3. The van der Waals surface area contributed by atoms with E-state index < -0.39 is 0 Å². The SMILES string of the molecule is N#Cc1cc(-c2ccc(-n3c4ccccc4c4cc(-c5ccccc5)ccc43)cc2)cc(-n2c3ccccc3c3cc(-c4ccccc4)ccc32)c1. The van der Waals surface area contributed by atoms with Crippen LogP contribution in [0.4, 0.5) is 0 Å². The maximum atomic E-state index is 10.2. The van der Waals surface area contributed by atoms with Gasteiger partial charge in [0.15, 0.2) is 0 Å². The Hall–Kier alpha value is -7.15. The Morgan fingerprint density at radius 3 is 1.29 bits per heavy atom. The summed E-state index contributed by atoms with van der Waals surface area (Å²) in [7, 11) is 0. The minimum Gasteiger partial charge on any atom is -0.309 e. The van der Waals surface area contributed by atoms with E-state index in [2.05, 4.69) is 185 Å². The minimum absolute atomic E-state index is 0.625. The van der Waals surface area contributed by atoms with Gasteiger partial charge in [0.25, 0.3) is 0 Å². The van der Waals surface area contributed by atoms with E-state index in [9.17, 15) is 5.26 Å². The van der Waals surface area contributed by atoms with E-state index in [-0.39, 0.29) is 0 Å². The van der Waals surface area contributed by atoms with Gasteiger partial charge in [0.2, 0.25) is 0 Å². The largest absolute Gasteiger partial charge is 0.309 e. The molecule has 0 fully saturated rings. The molecule has 0 aliphatic heterocycles. The highest BCUT2D eigenvalue weighted by Crippen LogP contribution is 2.38. The van der Waals surface area contributed by atoms with Gasteiger partial charge in [-0.3, -0.25) is 0 Å². The molecule has 0 spiro atoms. The van der Waals surface area contributed by atoms with E-state index in [1.807, 2.05) is 18.2 Å². The molecule has 52 heavy (non-hydrogen) atoms. The van der Waals surface area contributed by atoms with E-state index in [0.29, 0.717) is 5.56 Å². The maximum Gasteiger partial charge on any atom is 0.0992 e. The lowest BCUT2D eigenvalue weighted by atomic mass is 10.0. The minimum atomic E-state index is 0.625. The van der Waals surface area contributed by atoms with Gasteiger partial charge >= 0.3 is 0 Å². The molecule has 2 heterocycles. The van der Waals surface area contributed by atoms with E-state index in [1.54, 1.807) is 0 Å². The summed E-state index contributed by atoms with van der Waals surface area (Å²) in [5.41, 5.74) is 14.1. The lowest BCUT2D eigenvalue weighted by molar-refractivity contribution is 1.17. The number of hydrogen-bond acceptors (Lipinski definition) is 1. The molecule has 10 aromatic rings. The molecule has 3 nitrogen and oxygen atoms in total. The van der Waals surface area contributed by atoms with Gasteiger partial charge in [-0.25, -0.2) is 0 Å². The maximum absolute atomic E-state index is 10.2. The third kappa shape index (κ3) is 4.81. The molecule has 0 bridgehead atoms. The first kappa shape index (κ1) is 29.7. The molecule has 8 aromatic carbocycles. The first-order chi connectivity index (χ1) is 25.7. The van der Waals surface area contributed by atoms with Gasteiger partial charge in [-0.2, -0.15) is 5.26 Å². The summed E-state index contributed by atoms with van der Waals surface area (Å²) in [6.45, 7) is 0. The Morgan fingerprint density at radius 2 is 0.750 bits per heavy atom. The van der Waals surface area contributed by atoms with Crippen LogP contribution in [0.2, 0.25) is 0 Å². The molecule has 2 aromatic heterocycles. The Bertz CT molecular complexity index is 3000. The fourth-order valence-electron chi connectivity index (χ4n) is 7.90. The summed E-state index contributed by atoms with van der Waals surface area (Å²) in [6, 6.07) is 69.0. The van der Waals surface area contributed by atoms with Crippen molar-refractivity contribution in [1.29, 1.82) is 5.26 Å². The van der Waals surface area contributed by atoms with Crippen molar-refractivity contribution >= 4 is 43.6 Å². The van der Waals surface area contributed by atoms with Gasteiger partial charge in [0.1, 0.15) is 0 Å². The zero-order valence-electron chi connectivity index (χ0n) is 28.2. The number of benzene rings is 8. The smallest absolute Gasteiger partial charge is 0.0992 e. The average molecular weight is 662 g/mol. The summed E-state index contributed by atoms with van der Waals surface area (Å²) >= 11 is 0. The highest BCUT2D eigenvalue weighted by Gasteiger charge is 2.16. The quantitative estimate of drug-likeness (QED) is 0.181. The van der Waals surface area contributed by atoms with Crippen molar-refractivity contribution in [2.24, 2.45) is 0 Å². The normalized spacial score (nSPS) is 11.4. The Balaban J connectivity index is 1.09. The highest BCUT2D eigenvalue weighted by molar-refractivity contribution is 6.11. The average Bonchev–Trinajstić information content (AvgIpc) is 3.73. The number of para-hydroxylation sites is 2. The fourth-order valence-corrected chi connectivity index (χ4v) is 7.90. The van der Waals surface area contributed by atoms with Crippen LogP contribution < -0.4 is 0 Å². The second kappa shape index (κ2) is 12.0. The lowest BCUT2D eigenvalue weighted by Gasteiger charge is -2.13. The monoisotopic (exact) mass is 661 g/mol. The van der Waals surface area contributed by atoms with Gasteiger partial charge in [0.05, 0.1) is 33.7 Å². The topological polar surface area (TPSA) is 33.6 Å². The molecular formula is C49H31N3. The zero-order chi connectivity index (χ0) is 34.6. The third-order valence-electron chi connectivity index (χ3n) is 10.3. The lowest BCUT2D eigenvalue weighted by Crippen LogP contribution is -1.96. The van der Waals surface area contributed by atoms with Crippen LogP contribution in [-0.4, -0.2) is 9.13 Å². The highest BCUT2D eigenvalue weighted by atomic mass is 15.0. The molecule has 10 rings (SSSR count). The van der Waals surface area contributed by atoms with E-state index in [4.69, 9.17) is 0 Å². The number of nitrogens with zero attached hydrogens (tertiary/aromatic N) is 3. The van der Waals surface area contributed by atoms with Crippen LogP contribution in [0.3, 0.4) is 0 Å². The number of nitriles is 1. The molecule has 0 radical (unpaired) electrons. The summed E-state index contributed by atoms with van der Waals surface area (Å²) in [5.74, 6) is 0. The van der Waals surface area contributed by atoms with E-state index >= 15 is 0 Å². The first-order valence-electron chi connectivity index (χ1n) is 17.6. The van der Waals surface area contributed by atoms with Gasteiger partial charge < -0.3 is 9.13 Å². The van der Waals surface area contributed by atoms with Crippen LogP contribution in [0.25, 0.3) is 88.4 Å². The predicted molar refractivity (Wildman–Crippen MR) is 216 cm³/mol. The van der Waals surface area contributed by atoms with Crippen molar-refractivity contribution in [3.63, 3.8) is 0 Å². The van der Waals surface area contributed by atoms with E-state index in [0.717, 1.165) is 33.5 Å². The Kier molecular flexibility index (Phi) is 6.87. The fraction of sp³-hybridized carbons (Fsp3) is 0. The van der Waals surface area contributed by atoms with Crippen molar-refractivity contribution in [3.05, 3.63) is 194 Å². The van der Waals surface area contributed by atoms with Crippen molar-refractivity contribution in [2.75, 3.05) is 0 Å². The standard InChI is InChI=1S/C49H31N3/c50-32-33-27-39(29-41(28-33)52-47-18-10-8-16-43(47)45-31-38(22-26-49(45)52)35-13-5-2-6-14-35)36-19-23-40(24-20-36)51-46-17-9-7-15-42(46)44-30-37(21-25-48(44)51)34-11-3-1-4-12-34/h1-31H. The van der Waals surface area contributed by atoms with Crippen molar-refractivity contribution in [2.45, 2.75) is 0 Å². The van der Waals surface area contributed by atoms with Crippen LogP contribution in [0.15, 0.2) is 188 Å². The van der Waals surface area contributed by atoms with Crippen LogP contribution in [-0.2, 0) is 0 Å². The van der Waals surface area contributed by atoms with Crippen LogP contribution in [0.5, 0.6) is 0 Å². The van der Waals surface area contributed by atoms with Gasteiger partial charge in [0, 0.05) is 32.9 Å². The molecule has 0 saturated heterocycles. The number of fused-ring (bicyclic) bond motifs is 6. The summed E-state index contributed by atoms with van der Waals surface area (Å²) in [6.07, 6.45) is 0. The molecule has 0 amide bonds. The van der Waals surface area contributed by atoms with Crippen molar-refractivity contribution < 1.29 is 0 Å². The van der Waals surface area contributed by atoms with Crippen LogP contribution in [0, 0.1) is 11.3 Å². The molecule has 0 N–H and O–H groups in total. The molecule has 242 valence electrons. The molecule has 0 saturated carbocycles. The van der Waals surface area contributed by atoms with Crippen LogP contribution in [0.1, 0.15) is 5.56 Å². The molecular weight excluding hydrogens is 631 g/mol. The van der Waals surface area contributed by atoms with Gasteiger partial charge in [-0.1, -0.05) is 121 Å². The number of aromatic nitrogens is 2. The molecule has 0 aliphatic rings. The molecule has 0 aliphatic carbocycles. The van der Waals surface area contributed by atoms with Crippen LogP contribution >= 0.6 is 0 Å². The number of hydrogen-bond donors (Lipinski definition) is 0. The summed E-state index contributed by atoms with van der Waals surface area (Å²) < 4.78 is 4.64.